The minimum absolute atomic E-state index is 0.0316. The third-order valence-electron chi connectivity index (χ3n) is 4.14. The van der Waals surface area contributed by atoms with E-state index in [-0.39, 0.29) is 18.1 Å². The maximum absolute atomic E-state index is 12.2. The maximum Gasteiger partial charge on any atom is 0.311 e. The topological polar surface area (TPSA) is 66.8 Å². The summed E-state index contributed by atoms with van der Waals surface area (Å²) in [7, 11) is 0. The Hall–Kier alpha value is -1.10. The van der Waals surface area contributed by atoms with Crippen LogP contribution >= 0.6 is 0 Å². The highest BCUT2D eigenvalue weighted by Crippen LogP contribution is 2.32. The molecule has 0 bridgehead atoms. The highest BCUT2D eigenvalue weighted by atomic mass is 16.5. The van der Waals surface area contributed by atoms with Crippen LogP contribution in [0.3, 0.4) is 0 Å². The Bertz CT molecular complexity index is 357. The molecule has 2 rings (SSSR count). The average molecular weight is 255 g/mol. The fraction of sp³-hybridized carbons (Fsp3) is 0.846. The molecule has 18 heavy (non-hydrogen) atoms. The minimum atomic E-state index is -0.823. The van der Waals surface area contributed by atoms with Crippen LogP contribution in [0.25, 0.3) is 0 Å². The van der Waals surface area contributed by atoms with Gasteiger partial charge in [0.15, 0.2) is 0 Å². The number of carbonyl (C=O) groups is 2. The summed E-state index contributed by atoms with van der Waals surface area (Å²) < 4.78 is 5.67. The van der Waals surface area contributed by atoms with Gasteiger partial charge in [-0.25, -0.2) is 0 Å². The number of hydrogen-bond acceptors (Lipinski definition) is 3. The Balaban J connectivity index is 1.94. The van der Waals surface area contributed by atoms with E-state index in [1.165, 1.54) is 0 Å². The van der Waals surface area contributed by atoms with Gasteiger partial charge in [-0.05, 0) is 32.6 Å². The Morgan fingerprint density at radius 2 is 2.17 bits per heavy atom. The lowest BCUT2D eigenvalue weighted by molar-refractivity contribution is -0.148. The lowest BCUT2D eigenvalue weighted by atomic mass is 9.90. The number of likely N-dealkylation sites (tertiary alicyclic amines) is 1. The molecule has 0 aromatic rings. The van der Waals surface area contributed by atoms with Crippen molar-refractivity contribution in [3.05, 3.63) is 0 Å². The molecule has 0 saturated carbocycles. The molecule has 1 N–H and O–H groups in total. The predicted molar refractivity (Wildman–Crippen MR) is 65.1 cm³/mol. The number of carbonyl (C=O) groups excluding carboxylic acids is 1. The normalized spacial score (nSPS) is 36.0. The number of hydrogen-bond donors (Lipinski definition) is 1. The summed E-state index contributed by atoms with van der Waals surface area (Å²) in [5.74, 6) is -0.854. The van der Waals surface area contributed by atoms with Crippen molar-refractivity contribution >= 4 is 11.9 Å². The fourth-order valence-corrected chi connectivity index (χ4v) is 2.72. The molecule has 0 aromatic carbocycles. The zero-order chi connectivity index (χ0) is 13.3. The molecule has 5 nitrogen and oxygen atoms in total. The van der Waals surface area contributed by atoms with E-state index in [0.29, 0.717) is 19.5 Å². The lowest BCUT2D eigenvalue weighted by Gasteiger charge is -2.23. The third-order valence-corrected chi connectivity index (χ3v) is 4.14. The van der Waals surface area contributed by atoms with Crippen LogP contribution in [0, 0.1) is 5.41 Å². The van der Waals surface area contributed by atoms with E-state index in [0.717, 1.165) is 19.3 Å². The molecule has 2 saturated heterocycles. The van der Waals surface area contributed by atoms with Crippen LogP contribution < -0.4 is 0 Å². The molecule has 102 valence electrons. The van der Waals surface area contributed by atoms with Gasteiger partial charge in [0.25, 0.3) is 5.91 Å². The minimum Gasteiger partial charge on any atom is -0.481 e. The first-order chi connectivity index (χ1) is 8.46. The number of ether oxygens (including phenoxy) is 1. The predicted octanol–water partition coefficient (Wildman–Crippen LogP) is 1.27. The number of rotatable bonds is 3. The molecule has 3 atom stereocenters. The van der Waals surface area contributed by atoms with E-state index >= 15 is 0 Å². The van der Waals surface area contributed by atoms with Crippen LogP contribution in [-0.4, -0.2) is 47.2 Å². The summed E-state index contributed by atoms with van der Waals surface area (Å²) in [6, 6.07) is 0. The third kappa shape index (κ3) is 2.36. The number of amides is 1. The standard InChI is InChI=1S/C13H21NO4/c1-3-9-4-5-10(18-9)11(15)14-7-6-13(2,8-14)12(16)17/h9-10H,3-8H2,1-2H3,(H,16,17). The molecule has 2 aliphatic rings. The fourth-order valence-electron chi connectivity index (χ4n) is 2.72. The summed E-state index contributed by atoms with van der Waals surface area (Å²) in [5, 5.41) is 9.15. The van der Waals surface area contributed by atoms with Gasteiger partial charge in [0.1, 0.15) is 6.10 Å². The van der Waals surface area contributed by atoms with Crippen molar-refractivity contribution in [1.82, 2.24) is 4.90 Å². The molecule has 5 heteroatoms. The first-order valence-corrected chi connectivity index (χ1v) is 6.64. The van der Waals surface area contributed by atoms with Gasteiger partial charge in [-0.3, -0.25) is 9.59 Å². The van der Waals surface area contributed by atoms with Crippen LogP contribution in [0.5, 0.6) is 0 Å². The van der Waals surface area contributed by atoms with E-state index in [1.54, 1.807) is 11.8 Å². The molecule has 0 spiro atoms. The summed E-state index contributed by atoms with van der Waals surface area (Å²) >= 11 is 0. The first kappa shape index (κ1) is 13.3. The van der Waals surface area contributed by atoms with Crippen LogP contribution in [0.1, 0.15) is 39.5 Å². The van der Waals surface area contributed by atoms with Gasteiger partial charge >= 0.3 is 5.97 Å². The first-order valence-electron chi connectivity index (χ1n) is 6.64. The van der Waals surface area contributed by atoms with E-state index in [9.17, 15) is 9.59 Å². The Morgan fingerprint density at radius 3 is 2.67 bits per heavy atom. The SMILES string of the molecule is CCC1CCC(C(=O)N2CCC(C)(C(=O)O)C2)O1. The molecule has 2 aliphatic heterocycles. The molecule has 0 aromatic heterocycles. The summed E-state index contributed by atoms with van der Waals surface area (Å²) in [6.07, 6.45) is 2.97. The largest absolute Gasteiger partial charge is 0.481 e. The van der Waals surface area contributed by atoms with E-state index < -0.39 is 11.4 Å². The van der Waals surface area contributed by atoms with E-state index in [2.05, 4.69) is 6.92 Å². The molecule has 0 radical (unpaired) electrons. The number of carboxylic acids is 1. The van der Waals surface area contributed by atoms with Crippen LogP contribution in [0.2, 0.25) is 0 Å². The second-order valence-electron chi connectivity index (χ2n) is 5.61. The second kappa shape index (κ2) is 4.88. The Labute approximate surface area is 107 Å². The Morgan fingerprint density at radius 1 is 1.44 bits per heavy atom. The zero-order valence-corrected chi connectivity index (χ0v) is 11.0. The molecule has 2 fully saturated rings. The summed E-state index contributed by atoms with van der Waals surface area (Å²) in [5.41, 5.74) is -0.793. The number of aliphatic carboxylic acids is 1. The van der Waals surface area contributed by atoms with Gasteiger partial charge in [-0.2, -0.15) is 0 Å². The van der Waals surface area contributed by atoms with Crippen molar-refractivity contribution in [2.24, 2.45) is 5.41 Å². The van der Waals surface area contributed by atoms with Crippen molar-refractivity contribution in [2.45, 2.75) is 51.7 Å². The smallest absolute Gasteiger partial charge is 0.311 e. The van der Waals surface area contributed by atoms with E-state index in [4.69, 9.17) is 9.84 Å². The average Bonchev–Trinajstić information content (AvgIpc) is 2.95. The van der Waals surface area contributed by atoms with Crippen molar-refractivity contribution in [1.29, 1.82) is 0 Å². The quantitative estimate of drug-likeness (QED) is 0.824. The summed E-state index contributed by atoms with van der Waals surface area (Å²) in [4.78, 5) is 25.0. The van der Waals surface area contributed by atoms with Gasteiger partial charge in [-0.1, -0.05) is 6.92 Å². The number of carboxylic acid groups (broad SMARTS) is 1. The van der Waals surface area contributed by atoms with Crippen molar-refractivity contribution in [3.8, 4) is 0 Å². The van der Waals surface area contributed by atoms with Gasteiger partial charge in [0, 0.05) is 13.1 Å². The van der Waals surface area contributed by atoms with E-state index in [1.807, 2.05) is 0 Å². The van der Waals surface area contributed by atoms with Crippen molar-refractivity contribution < 1.29 is 19.4 Å². The second-order valence-corrected chi connectivity index (χ2v) is 5.61. The summed E-state index contributed by atoms with van der Waals surface area (Å²) in [6.45, 7) is 4.58. The van der Waals surface area contributed by atoms with Crippen LogP contribution in [0.4, 0.5) is 0 Å². The van der Waals surface area contributed by atoms with Crippen molar-refractivity contribution in [2.75, 3.05) is 13.1 Å². The molecule has 3 unspecified atom stereocenters. The monoisotopic (exact) mass is 255 g/mol. The highest BCUT2D eigenvalue weighted by Gasteiger charge is 2.44. The lowest BCUT2D eigenvalue weighted by Crippen LogP contribution is -2.40. The van der Waals surface area contributed by atoms with Gasteiger partial charge in [0.05, 0.1) is 11.5 Å². The molecule has 1 amide bonds. The van der Waals surface area contributed by atoms with Gasteiger partial charge in [-0.15, -0.1) is 0 Å². The van der Waals surface area contributed by atoms with Crippen molar-refractivity contribution in [3.63, 3.8) is 0 Å². The van der Waals surface area contributed by atoms with Gasteiger partial charge < -0.3 is 14.7 Å². The molecular formula is C13H21NO4. The van der Waals surface area contributed by atoms with Crippen LogP contribution in [-0.2, 0) is 14.3 Å². The zero-order valence-electron chi connectivity index (χ0n) is 11.0. The van der Waals surface area contributed by atoms with Gasteiger partial charge in [0.2, 0.25) is 0 Å². The highest BCUT2D eigenvalue weighted by molar-refractivity contribution is 5.83. The molecule has 0 aliphatic carbocycles. The van der Waals surface area contributed by atoms with Crippen LogP contribution in [0.15, 0.2) is 0 Å². The molecular weight excluding hydrogens is 234 g/mol. The molecule has 2 heterocycles. The number of nitrogens with zero attached hydrogens (tertiary/aromatic N) is 1. The Kier molecular flexibility index (Phi) is 3.61. The maximum atomic E-state index is 12.2.